The molecule has 2 N–H and O–H groups in total. The Morgan fingerprint density at radius 3 is 2.44 bits per heavy atom. The number of aryl methyl sites for hydroxylation is 1. The number of halogens is 4. The maximum absolute atomic E-state index is 15.2. The summed E-state index contributed by atoms with van der Waals surface area (Å²) in [5, 5.41) is 2.09. The van der Waals surface area contributed by atoms with Gasteiger partial charge in [-0.1, -0.05) is 0 Å². The maximum atomic E-state index is 15.2. The zero-order valence-electron chi connectivity index (χ0n) is 19.5. The summed E-state index contributed by atoms with van der Waals surface area (Å²) >= 11 is 0. The van der Waals surface area contributed by atoms with Gasteiger partial charge < -0.3 is 24.3 Å². The Morgan fingerprint density at radius 2 is 1.83 bits per heavy atom. The van der Waals surface area contributed by atoms with Crippen LogP contribution < -0.4 is 10.0 Å². The third-order valence-electron chi connectivity index (χ3n) is 5.36. The molecular weight excluding hydrogens is 508 g/mol. The molecule has 1 aromatic heterocycles. The molecule has 1 aromatic carbocycles. The van der Waals surface area contributed by atoms with Crippen LogP contribution in [0.2, 0.25) is 0 Å². The van der Waals surface area contributed by atoms with Gasteiger partial charge in [0.1, 0.15) is 21.6 Å². The van der Waals surface area contributed by atoms with E-state index in [0.29, 0.717) is 12.1 Å². The van der Waals surface area contributed by atoms with Crippen LogP contribution in [0.1, 0.15) is 17.4 Å². The molecule has 2 heterocycles. The Bertz CT molecular complexity index is 1180. The number of rotatable bonds is 8. The predicted molar refractivity (Wildman–Crippen MR) is 121 cm³/mol. The number of ether oxygens (including phenoxy) is 2. The molecule has 36 heavy (non-hydrogen) atoms. The van der Waals surface area contributed by atoms with Crippen LogP contribution in [-0.4, -0.2) is 58.5 Å². The lowest BCUT2D eigenvalue weighted by Crippen LogP contribution is -2.38. The van der Waals surface area contributed by atoms with E-state index in [1.165, 1.54) is 25.3 Å². The van der Waals surface area contributed by atoms with Crippen molar-refractivity contribution in [1.29, 1.82) is 0 Å². The number of benzene rings is 1. The van der Waals surface area contributed by atoms with E-state index in [0.717, 1.165) is 10.8 Å². The van der Waals surface area contributed by atoms with E-state index < -0.39 is 63.7 Å². The third kappa shape index (κ3) is 5.87. The largest absolute Gasteiger partial charge is 0.505 e. The molecule has 1 aliphatic heterocycles. The minimum Gasteiger partial charge on any atom is -0.505 e. The van der Waals surface area contributed by atoms with Crippen LogP contribution in [0.4, 0.5) is 28.0 Å². The molecule has 1 aliphatic rings. The van der Waals surface area contributed by atoms with Crippen molar-refractivity contribution < 1.29 is 40.8 Å². The zero-order chi connectivity index (χ0) is 26.6. The van der Waals surface area contributed by atoms with E-state index in [1.54, 1.807) is 13.0 Å². The molecule has 1 saturated heterocycles. The number of hydrogen-bond donors (Lipinski definition) is 2. The zero-order valence-corrected chi connectivity index (χ0v) is 20.3. The van der Waals surface area contributed by atoms with Gasteiger partial charge in [-0.2, -0.15) is 0 Å². The number of likely N-dealkylation sites (tertiary alicyclic amines) is 1. The first-order valence-electron chi connectivity index (χ1n) is 10.7. The summed E-state index contributed by atoms with van der Waals surface area (Å²) in [6.07, 6.45) is 3.64. The summed E-state index contributed by atoms with van der Waals surface area (Å²) in [6.45, 7) is 2.20. The minimum atomic E-state index is -2.15. The van der Waals surface area contributed by atoms with Gasteiger partial charge in [0.25, 0.3) is 5.91 Å². The van der Waals surface area contributed by atoms with Crippen LogP contribution in [0.25, 0.3) is 0 Å². The van der Waals surface area contributed by atoms with Crippen LogP contribution in [0.15, 0.2) is 35.6 Å². The van der Waals surface area contributed by atoms with Crippen LogP contribution in [-0.2, 0) is 27.5 Å². The molecule has 3 rings (SSSR count). The second-order valence-corrected chi connectivity index (χ2v) is 9.01. The molecule has 3 atom stereocenters. The quantitative estimate of drug-likeness (QED) is 0.309. The van der Waals surface area contributed by atoms with Crippen molar-refractivity contribution in [3.8, 4) is 0 Å². The number of carbonyl (C=O) groups is 2. The fraction of sp³-hybridized carbons (Fsp3) is 0.364. The van der Waals surface area contributed by atoms with E-state index in [9.17, 15) is 27.0 Å². The SMILES string of the molecule is CCOC(=O)N1CC(/C=C/OC)C(NS(=O)c2cn(C)c(C(=O)Nc3cc(F)c(F)c(F)c3)c2F)C1. The number of hydrogen-bond acceptors (Lipinski definition) is 5. The molecule has 1 fully saturated rings. The molecule has 0 saturated carbocycles. The van der Waals surface area contributed by atoms with Crippen molar-refractivity contribution in [2.75, 3.05) is 32.1 Å². The molecule has 2 aromatic rings. The van der Waals surface area contributed by atoms with Gasteiger partial charge in [-0.25, -0.2) is 31.3 Å². The average Bonchev–Trinajstić information content (AvgIpc) is 3.35. The summed E-state index contributed by atoms with van der Waals surface area (Å²) < 4.78 is 81.9. The smallest absolute Gasteiger partial charge is 0.409 e. The van der Waals surface area contributed by atoms with Gasteiger partial charge in [-0.15, -0.1) is 0 Å². The Morgan fingerprint density at radius 1 is 1.17 bits per heavy atom. The third-order valence-corrected chi connectivity index (χ3v) is 6.56. The lowest BCUT2D eigenvalue weighted by atomic mass is 10.1. The molecule has 196 valence electrons. The van der Waals surface area contributed by atoms with E-state index in [4.69, 9.17) is 9.47 Å². The van der Waals surface area contributed by atoms with Crippen molar-refractivity contribution in [2.45, 2.75) is 17.9 Å². The second kappa shape index (κ2) is 11.6. The molecular formula is C22H24F4N4O5S. The predicted octanol–water partition coefficient (Wildman–Crippen LogP) is 3.06. The molecule has 14 heteroatoms. The van der Waals surface area contributed by atoms with Crippen molar-refractivity contribution in [1.82, 2.24) is 14.2 Å². The molecule has 9 nitrogen and oxygen atoms in total. The lowest BCUT2D eigenvalue weighted by molar-refractivity contribution is 0.101. The van der Waals surface area contributed by atoms with Gasteiger partial charge in [0, 0.05) is 56.1 Å². The van der Waals surface area contributed by atoms with Crippen LogP contribution >= 0.6 is 0 Å². The highest BCUT2D eigenvalue weighted by atomic mass is 32.2. The summed E-state index contributed by atoms with van der Waals surface area (Å²) in [5.74, 6) is -7.35. The first kappa shape index (κ1) is 27.2. The number of nitrogens with zero attached hydrogens (tertiary/aromatic N) is 2. The van der Waals surface area contributed by atoms with Gasteiger partial charge in [-0.05, 0) is 13.0 Å². The van der Waals surface area contributed by atoms with Crippen molar-refractivity contribution in [3.63, 3.8) is 0 Å². The number of aromatic nitrogens is 1. The highest BCUT2D eigenvalue weighted by Gasteiger charge is 2.36. The van der Waals surface area contributed by atoms with Gasteiger partial charge >= 0.3 is 6.09 Å². The molecule has 2 amide bonds. The monoisotopic (exact) mass is 532 g/mol. The minimum absolute atomic E-state index is 0.118. The summed E-state index contributed by atoms with van der Waals surface area (Å²) in [5.41, 5.74) is -1.00. The summed E-state index contributed by atoms with van der Waals surface area (Å²) in [7, 11) is 0.598. The van der Waals surface area contributed by atoms with Crippen LogP contribution in [0.3, 0.4) is 0 Å². The van der Waals surface area contributed by atoms with Crippen molar-refractivity contribution >= 4 is 28.7 Å². The van der Waals surface area contributed by atoms with Crippen molar-refractivity contribution in [3.05, 3.63) is 59.6 Å². The maximum Gasteiger partial charge on any atom is 0.409 e. The average molecular weight is 533 g/mol. The molecule has 0 spiro atoms. The van der Waals surface area contributed by atoms with Crippen LogP contribution in [0.5, 0.6) is 0 Å². The highest BCUT2D eigenvalue weighted by Crippen LogP contribution is 2.24. The fourth-order valence-corrected chi connectivity index (χ4v) is 4.83. The number of carbonyl (C=O) groups excluding carboxylic acids is 2. The molecule has 0 radical (unpaired) electrons. The Labute approximate surface area is 206 Å². The molecule has 0 bridgehead atoms. The number of methoxy groups -OCH3 is 1. The van der Waals surface area contributed by atoms with Gasteiger partial charge in [-0.3, -0.25) is 4.79 Å². The Balaban J connectivity index is 1.78. The van der Waals surface area contributed by atoms with Gasteiger partial charge in [0.05, 0.1) is 20.0 Å². The Hall–Kier alpha value is -3.39. The van der Waals surface area contributed by atoms with E-state index in [2.05, 4.69) is 10.0 Å². The summed E-state index contributed by atoms with van der Waals surface area (Å²) in [4.78, 5) is 25.8. The first-order chi connectivity index (χ1) is 17.1. The van der Waals surface area contributed by atoms with Crippen molar-refractivity contribution in [2.24, 2.45) is 13.0 Å². The topological polar surface area (TPSA) is 102 Å². The lowest BCUT2D eigenvalue weighted by Gasteiger charge is -2.16. The molecule has 0 aliphatic carbocycles. The van der Waals surface area contributed by atoms with Gasteiger partial charge in [0.2, 0.25) is 0 Å². The van der Waals surface area contributed by atoms with Gasteiger partial charge in [0.15, 0.2) is 23.3 Å². The molecule has 3 unspecified atom stereocenters. The van der Waals surface area contributed by atoms with E-state index in [-0.39, 0.29) is 30.5 Å². The Kier molecular flexibility index (Phi) is 8.74. The van der Waals surface area contributed by atoms with Crippen LogP contribution in [0, 0.1) is 29.2 Å². The number of anilines is 1. The van der Waals surface area contributed by atoms with E-state index in [1.807, 2.05) is 0 Å². The fourth-order valence-electron chi connectivity index (χ4n) is 3.67. The number of amides is 2. The normalized spacial score (nSPS) is 18.5. The highest BCUT2D eigenvalue weighted by molar-refractivity contribution is 7.83. The first-order valence-corrected chi connectivity index (χ1v) is 11.8. The number of nitrogens with one attached hydrogen (secondary N) is 2. The standard InChI is InChI=1S/C22H24F4N4O5S/c1-4-35-22(32)30-9-12(5-6-34-3)16(10-30)28-36(33)17-11-29(2)20(19(17)26)21(31)27-13-7-14(23)18(25)15(24)8-13/h5-8,11-12,16,28H,4,9-10H2,1-3H3,(H,27,31)/b6-5+. The van der Waals surface area contributed by atoms with E-state index >= 15 is 4.39 Å². The summed E-state index contributed by atoms with van der Waals surface area (Å²) in [6, 6.07) is 0.519. The second-order valence-electron chi connectivity index (χ2n) is 7.80.